The highest BCUT2D eigenvalue weighted by Crippen LogP contribution is 2.74. The summed E-state index contributed by atoms with van der Waals surface area (Å²) in [5.74, 6) is -4.50. The average Bonchev–Trinajstić information content (AvgIpc) is 3.19. The summed E-state index contributed by atoms with van der Waals surface area (Å²) in [7, 11) is 0. The predicted molar refractivity (Wildman–Crippen MR) is 132 cm³/mol. The summed E-state index contributed by atoms with van der Waals surface area (Å²) >= 11 is 0.646. The van der Waals surface area contributed by atoms with Crippen LogP contribution in [0.2, 0.25) is 0 Å². The lowest BCUT2D eigenvalue weighted by Gasteiger charge is -2.32. The summed E-state index contributed by atoms with van der Waals surface area (Å²) in [5.41, 5.74) is 6.41. The molecule has 1 aliphatic carbocycles. The molecule has 13 heteroatoms. The van der Waals surface area contributed by atoms with Crippen molar-refractivity contribution in [1.29, 1.82) is 0 Å². The lowest BCUT2D eigenvalue weighted by atomic mass is 9.84. The molecule has 0 unspecified atom stereocenters. The van der Waals surface area contributed by atoms with Crippen LogP contribution in [0.15, 0.2) is 58.7 Å². The van der Waals surface area contributed by atoms with Gasteiger partial charge in [0, 0.05) is 18.1 Å². The monoisotopic (exact) mass is 542 g/mol. The number of amidine groups is 1. The molecule has 0 radical (unpaired) electrons. The number of nitrogens with two attached hydrogens (primary N) is 1. The first-order chi connectivity index (χ1) is 18.2. The van der Waals surface area contributed by atoms with Crippen LogP contribution in [0.1, 0.15) is 29.6 Å². The molecule has 6 rings (SSSR count). The van der Waals surface area contributed by atoms with Gasteiger partial charge in [-0.2, -0.15) is 0 Å². The first-order valence-corrected chi connectivity index (χ1v) is 12.4. The van der Waals surface area contributed by atoms with Crippen LogP contribution in [0.25, 0.3) is 11.0 Å². The number of nitrogens with zero attached hydrogens (tertiary/aromatic N) is 5. The quantitative estimate of drug-likeness (QED) is 0.359. The molecule has 3 N–H and O–H groups in total. The molecule has 3 atom stereocenters. The zero-order valence-corrected chi connectivity index (χ0v) is 20.8. The number of aliphatic hydroxyl groups is 1. The Morgan fingerprint density at radius 1 is 1.18 bits per heavy atom. The lowest BCUT2D eigenvalue weighted by molar-refractivity contribution is 0.0685. The van der Waals surface area contributed by atoms with Crippen LogP contribution in [-0.4, -0.2) is 47.5 Å². The Balaban J connectivity index is 1.31. The molecule has 0 amide bonds. The van der Waals surface area contributed by atoms with Gasteiger partial charge in [0.2, 0.25) is 5.89 Å². The molecule has 1 saturated carbocycles. The van der Waals surface area contributed by atoms with Gasteiger partial charge in [-0.25, -0.2) is 33.1 Å². The van der Waals surface area contributed by atoms with E-state index in [4.69, 9.17) is 14.9 Å². The molecule has 3 aromatic heterocycles. The smallest absolute Gasteiger partial charge is 0.272 e. The zero-order valence-electron chi connectivity index (χ0n) is 19.9. The van der Waals surface area contributed by atoms with E-state index in [1.54, 1.807) is 12.1 Å². The predicted octanol–water partition coefficient (Wildman–Crippen LogP) is 3.59. The Morgan fingerprint density at radius 2 is 2.03 bits per heavy atom. The molecule has 38 heavy (non-hydrogen) atoms. The second-order valence-electron chi connectivity index (χ2n) is 9.37. The van der Waals surface area contributed by atoms with Crippen LogP contribution < -0.4 is 10.5 Å². The van der Waals surface area contributed by atoms with E-state index in [9.17, 15) is 13.9 Å². The molecular weight excluding hydrogens is 521 g/mol. The van der Waals surface area contributed by atoms with Gasteiger partial charge in [-0.05, 0) is 18.6 Å². The second kappa shape index (κ2) is 8.67. The first kappa shape index (κ1) is 24.6. The molecule has 1 aliphatic heterocycles. The minimum absolute atomic E-state index is 0.0215. The molecule has 9 nitrogen and oxygen atoms in total. The van der Waals surface area contributed by atoms with Crippen LogP contribution in [0, 0.1) is 11.7 Å². The van der Waals surface area contributed by atoms with Crippen molar-refractivity contribution in [2.45, 2.75) is 36.2 Å². The highest BCUT2D eigenvalue weighted by Gasteiger charge is 2.87. The highest BCUT2D eigenvalue weighted by atomic mass is 32.2. The van der Waals surface area contributed by atoms with Crippen molar-refractivity contribution in [2.24, 2.45) is 16.6 Å². The fourth-order valence-corrected chi connectivity index (χ4v) is 6.60. The van der Waals surface area contributed by atoms with E-state index in [0.717, 1.165) is 0 Å². The number of halogens is 3. The topological polar surface area (TPSA) is 133 Å². The molecule has 1 fully saturated rings. The number of aliphatic hydroxyl groups excluding tert-OH is 1. The maximum atomic E-state index is 15.1. The number of benzene rings is 1. The van der Waals surface area contributed by atoms with E-state index >= 15 is 4.39 Å². The van der Waals surface area contributed by atoms with Gasteiger partial charge in [0.05, 0.1) is 41.7 Å². The third kappa shape index (κ3) is 3.71. The summed E-state index contributed by atoms with van der Waals surface area (Å²) in [6.45, 7) is 0.752. The number of pyridine rings is 1. The van der Waals surface area contributed by atoms with Crippen LogP contribution in [0.3, 0.4) is 0 Å². The zero-order chi connectivity index (χ0) is 26.7. The number of thioether (sulfide) groups is 1. The lowest BCUT2D eigenvalue weighted by Crippen LogP contribution is -2.37. The van der Waals surface area contributed by atoms with Gasteiger partial charge >= 0.3 is 0 Å². The number of fused-ring (bicyclic) bond motifs is 2. The van der Waals surface area contributed by atoms with Crippen molar-refractivity contribution in [3.8, 4) is 5.75 Å². The van der Waals surface area contributed by atoms with Gasteiger partial charge in [-0.3, -0.25) is 4.99 Å². The molecule has 1 aromatic carbocycles. The average molecular weight is 543 g/mol. The summed E-state index contributed by atoms with van der Waals surface area (Å²) in [6.07, 6.45) is 6.10. The van der Waals surface area contributed by atoms with Crippen molar-refractivity contribution < 1.29 is 27.4 Å². The minimum Gasteiger partial charge on any atom is -0.482 e. The Morgan fingerprint density at radius 3 is 2.79 bits per heavy atom. The summed E-state index contributed by atoms with van der Waals surface area (Å²) < 4.78 is 54.0. The van der Waals surface area contributed by atoms with Gasteiger partial charge in [0.1, 0.15) is 34.4 Å². The van der Waals surface area contributed by atoms with E-state index in [2.05, 4.69) is 24.9 Å². The SMILES string of the molecule is C[C@]1(c2cc(Cc3ncnc4cc(OCc5ncco5)cnc34)ccc2F)N=C(N)S[C@]2(CO)[C@H]1C2(F)F. The standard InChI is InChI=1S/C25H21F3N6O3S/c1-23(21-24(11-35,25(21,27)28)38-22(29)34-23)15-6-13(2-3-16(15)26)7-17-20-18(33-12-32-17)8-14(9-31-20)37-10-19-30-4-5-36-19/h2-6,8-9,12,21,35H,7,10-11H2,1H3,(H2,29,34)/t21-,23+,24+/m0/s1. The Hall–Kier alpha value is -3.71. The molecule has 4 aromatic rings. The number of oxazole rings is 1. The van der Waals surface area contributed by atoms with Gasteiger partial charge in [-0.1, -0.05) is 23.9 Å². The second-order valence-corrected chi connectivity index (χ2v) is 10.7. The van der Waals surface area contributed by atoms with Gasteiger partial charge < -0.3 is 20.0 Å². The van der Waals surface area contributed by atoms with E-state index in [1.165, 1.54) is 44.0 Å². The largest absolute Gasteiger partial charge is 0.482 e. The third-order valence-corrected chi connectivity index (χ3v) is 8.36. The Kier molecular flexibility index (Phi) is 5.61. The van der Waals surface area contributed by atoms with Crippen molar-refractivity contribution in [3.63, 3.8) is 0 Å². The van der Waals surface area contributed by atoms with Crippen molar-refractivity contribution in [3.05, 3.63) is 77.8 Å². The van der Waals surface area contributed by atoms with E-state index < -0.39 is 34.6 Å². The fourth-order valence-electron chi connectivity index (χ4n) is 5.23. The fraction of sp³-hybridized carbons (Fsp3) is 0.320. The van der Waals surface area contributed by atoms with Crippen molar-refractivity contribution in [2.75, 3.05) is 6.61 Å². The van der Waals surface area contributed by atoms with Crippen molar-refractivity contribution in [1.82, 2.24) is 19.9 Å². The number of alkyl halides is 2. The third-order valence-electron chi connectivity index (χ3n) is 7.06. The molecule has 0 spiro atoms. The maximum absolute atomic E-state index is 15.1. The number of hydrogen-bond acceptors (Lipinski definition) is 10. The summed E-state index contributed by atoms with van der Waals surface area (Å²) in [6, 6.07) is 5.98. The summed E-state index contributed by atoms with van der Waals surface area (Å²) in [5, 5.41) is 9.68. The number of hydrogen-bond donors (Lipinski definition) is 2. The molecule has 196 valence electrons. The Bertz CT molecular complexity index is 1570. The van der Waals surface area contributed by atoms with Crippen LogP contribution in [0.5, 0.6) is 5.75 Å². The van der Waals surface area contributed by atoms with Crippen LogP contribution in [-0.2, 0) is 18.6 Å². The maximum Gasteiger partial charge on any atom is 0.272 e. The number of rotatable bonds is 7. The molecule has 0 bridgehead atoms. The molecule has 0 saturated heterocycles. The molecule has 2 aliphatic rings. The number of ether oxygens (including phenoxy) is 1. The number of aliphatic imine (C=N–C) groups is 1. The normalized spacial score (nSPS) is 25.6. The van der Waals surface area contributed by atoms with Crippen LogP contribution >= 0.6 is 11.8 Å². The van der Waals surface area contributed by atoms with Gasteiger partial charge in [-0.15, -0.1) is 0 Å². The first-order valence-electron chi connectivity index (χ1n) is 11.6. The van der Waals surface area contributed by atoms with Gasteiger partial charge in [0.25, 0.3) is 5.92 Å². The minimum atomic E-state index is -3.27. The highest BCUT2D eigenvalue weighted by molar-refractivity contribution is 8.15. The van der Waals surface area contributed by atoms with Gasteiger partial charge in [0.15, 0.2) is 11.8 Å². The molecule has 4 heterocycles. The van der Waals surface area contributed by atoms with Crippen LogP contribution in [0.4, 0.5) is 13.2 Å². The van der Waals surface area contributed by atoms with E-state index in [0.29, 0.717) is 45.7 Å². The Labute approximate surface area is 218 Å². The number of aromatic nitrogens is 4. The van der Waals surface area contributed by atoms with E-state index in [1.807, 2.05) is 0 Å². The molecular formula is C25H21F3N6O3S. The summed E-state index contributed by atoms with van der Waals surface area (Å²) in [4.78, 5) is 21.3. The van der Waals surface area contributed by atoms with Crippen molar-refractivity contribution >= 4 is 28.0 Å². The van der Waals surface area contributed by atoms with E-state index in [-0.39, 0.29) is 23.8 Å².